The molecule has 98 valence electrons. The highest BCUT2D eigenvalue weighted by Gasteiger charge is 2.10. The lowest BCUT2D eigenvalue weighted by atomic mass is 9.99. The molecular weight excluding hydrogens is 307 g/mol. The molecule has 0 radical (unpaired) electrons. The number of benzene rings is 2. The van der Waals surface area contributed by atoms with Gasteiger partial charge in [0, 0.05) is 17.3 Å². The van der Waals surface area contributed by atoms with Crippen LogP contribution in [0.15, 0.2) is 46.9 Å². The van der Waals surface area contributed by atoms with Crippen molar-refractivity contribution in [3.8, 4) is 0 Å². The Morgan fingerprint density at radius 1 is 1.11 bits per heavy atom. The summed E-state index contributed by atoms with van der Waals surface area (Å²) in [4.78, 5) is 12.1. The van der Waals surface area contributed by atoms with Crippen molar-refractivity contribution in [2.75, 3.05) is 0 Å². The number of hydrogen-bond acceptors (Lipinski definition) is 1. The summed E-state index contributed by atoms with van der Waals surface area (Å²) in [6.07, 6.45) is 0.627. The van der Waals surface area contributed by atoms with Gasteiger partial charge in [-0.2, -0.15) is 0 Å². The lowest BCUT2D eigenvalue weighted by Crippen LogP contribution is -2.08. The largest absolute Gasteiger partial charge is 0.299 e. The van der Waals surface area contributed by atoms with E-state index >= 15 is 0 Å². The Morgan fingerprint density at radius 3 is 2.53 bits per heavy atom. The van der Waals surface area contributed by atoms with Gasteiger partial charge in [-0.3, -0.25) is 4.79 Å². The van der Waals surface area contributed by atoms with Crippen LogP contribution >= 0.6 is 15.9 Å². The van der Waals surface area contributed by atoms with E-state index in [9.17, 15) is 9.18 Å². The summed E-state index contributed by atoms with van der Waals surface area (Å²) >= 11 is 3.42. The zero-order chi connectivity index (χ0) is 13.8. The van der Waals surface area contributed by atoms with E-state index in [2.05, 4.69) is 15.9 Å². The zero-order valence-electron chi connectivity index (χ0n) is 10.6. The van der Waals surface area contributed by atoms with E-state index in [0.29, 0.717) is 6.42 Å². The normalized spacial score (nSPS) is 10.5. The number of hydrogen-bond donors (Lipinski definition) is 0. The van der Waals surface area contributed by atoms with Gasteiger partial charge in [0.25, 0.3) is 0 Å². The first-order chi connectivity index (χ1) is 9.06. The van der Waals surface area contributed by atoms with Crippen LogP contribution in [-0.2, 0) is 17.6 Å². The van der Waals surface area contributed by atoms with Crippen LogP contribution < -0.4 is 0 Å². The summed E-state index contributed by atoms with van der Waals surface area (Å²) in [5, 5.41) is 0. The van der Waals surface area contributed by atoms with Crippen LogP contribution in [0.25, 0.3) is 0 Å². The van der Waals surface area contributed by atoms with E-state index in [4.69, 9.17) is 0 Å². The van der Waals surface area contributed by atoms with Crippen molar-refractivity contribution in [1.29, 1.82) is 0 Å². The van der Waals surface area contributed by atoms with E-state index in [-0.39, 0.29) is 18.0 Å². The lowest BCUT2D eigenvalue weighted by molar-refractivity contribution is -0.117. The maximum absolute atomic E-state index is 13.2. The summed E-state index contributed by atoms with van der Waals surface area (Å²) in [6.45, 7) is 1.89. The Labute approximate surface area is 120 Å². The second kappa shape index (κ2) is 6.11. The Morgan fingerprint density at radius 2 is 1.79 bits per heavy atom. The number of Topliss-reactive ketones (excluding diaryl/α,β-unsaturated/α-hetero) is 1. The second-order valence-corrected chi connectivity index (χ2v) is 5.41. The van der Waals surface area contributed by atoms with Crippen LogP contribution in [0.5, 0.6) is 0 Å². The fraction of sp³-hybridized carbons (Fsp3) is 0.188. The number of ketones is 1. The van der Waals surface area contributed by atoms with E-state index < -0.39 is 0 Å². The number of rotatable bonds is 4. The van der Waals surface area contributed by atoms with Gasteiger partial charge in [-0.15, -0.1) is 0 Å². The number of carbonyl (C=O) groups is 1. The van der Waals surface area contributed by atoms with Crippen molar-refractivity contribution in [3.05, 3.63) is 69.4 Å². The molecule has 0 aliphatic carbocycles. The molecular formula is C16H14BrFO. The molecule has 3 heteroatoms. The molecule has 0 bridgehead atoms. The molecule has 19 heavy (non-hydrogen) atoms. The Bertz CT molecular complexity index is 607. The van der Waals surface area contributed by atoms with Crippen LogP contribution in [0, 0.1) is 12.7 Å². The maximum Gasteiger partial charge on any atom is 0.141 e. The van der Waals surface area contributed by atoms with Crippen molar-refractivity contribution >= 4 is 21.7 Å². The van der Waals surface area contributed by atoms with Crippen molar-refractivity contribution in [2.45, 2.75) is 19.8 Å². The number of halogens is 2. The summed E-state index contributed by atoms with van der Waals surface area (Å²) < 4.78 is 14.1. The van der Waals surface area contributed by atoms with Gasteiger partial charge in [0.15, 0.2) is 0 Å². The average molecular weight is 321 g/mol. The van der Waals surface area contributed by atoms with Gasteiger partial charge in [-0.25, -0.2) is 4.39 Å². The fourth-order valence-electron chi connectivity index (χ4n) is 1.96. The molecule has 0 unspecified atom stereocenters. The third-order valence-corrected chi connectivity index (χ3v) is 3.82. The molecule has 2 rings (SSSR count). The van der Waals surface area contributed by atoms with Crippen LogP contribution in [0.1, 0.15) is 16.7 Å². The summed E-state index contributed by atoms with van der Waals surface area (Å²) in [5.74, 6) is -0.213. The molecule has 0 spiro atoms. The fourth-order valence-corrected chi connectivity index (χ4v) is 2.38. The molecule has 0 aliphatic heterocycles. The molecule has 0 N–H and O–H groups in total. The minimum absolute atomic E-state index is 0.0839. The first kappa shape index (κ1) is 13.9. The van der Waals surface area contributed by atoms with E-state index in [1.807, 2.05) is 31.2 Å². The molecule has 0 saturated heterocycles. The first-order valence-electron chi connectivity index (χ1n) is 6.06. The SMILES string of the molecule is Cc1ccc(F)cc1CC(=O)Cc1ccccc1Br. The van der Waals surface area contributed by atoms with Crippen LogP contribution in [-0.4, -0.2) is 5.78 Å². The second-order valence-electron chi connectivity index (χ2n) is 4.55. The molecule has 0 aromatic heterocycles. The smallest absolute Gasteiger partial charge is 0.141 e. The van der Waals surface area contributed by atoms with Gasteiger partial charge in [-0.1, -0.05) is 40.2 Å². The van der Waals surface area contributed by atoms with Crippen LogP contribution in [0.3, 0.4) is 0 Å². The quantitative estimate of drug-likeness (QED) is 0.823. The Balaban J connectivity index is 2.10. The molecule has 0 heterocycles. The van der Waals surface area contributed by atoms with Crippen LogP contribution in [0.4, 0.5) is 4.39 Å². The molecule has 0 saturated carbocycles. The van der Waals surface area contributed by atoms with Gasteiger partial charge < -0.3 is 0 Å². The summed E-state index contributed by atoms with van der Waals surface area (Å²) in [7, 11) is 0. The molecule has 2 aromatic carbocycles. The third kappa shape index (κ3) is 3.74. The molecule has 1 nitrogen and oxygen atoms in total. The van der Waals surface area contributed by atoms with E-state index in [0.717, 1.165) is 21.2 Å². The predicted octanol–water partition coefficient (Wildman–Crippen LogP) is 4.25. The topological polar surface area (TPSA) is 17.1 Å². The van der Waals surface area contributed by atoms with E-state index in [1.165, 1.54) is 12.1 Å². The summed E-state index contributed by atoms with van der Waals surface area (Å²) in [5.41, 5.74) is 2.67. The average Bonchev–Trinajstić information content (AvgIpc) is 2.37. The zero-order valence-corrected chi connectivity index (χ0v) is 12.2. The highest BCUT2D eigenvalue weighted by molar-refractivity contribution is 9.10. The Hall–Kier alpha value is -1.48. The van der Waals surface area contributed by atoms with Crippen molar-refractivity contribution < 1.29 is 9.18 Å². The number of aryl methyl sites for hydroxylation is 1. The van der Waals surface area contributed by atoms with Crippen LogP contribution in [0.2, 0.25) is 0 Å². The van der Waals surface area contributed by atoms with Crippen molar-refractivity contribution in [2.24, 2.45) is 0 Å². The van der Waals surface area contributed by atoms with Gasteiger partial charge in [-0.05, 0) is 41.8 Å². The van der Waals surface area contributed by atoms with Gasteiger partial charge in [0.05, 0.1) is 0 Å². The lowest BCUT2D eigenvalue weighted by Gasteiger charge is -2.06. The first-order valence-corrected chi connectivity index (χ1v) is 6.85. The molecule has 0 fully saturated rings. The van der Waals surface area contributed by atoms with E-state index in [1.54, 1.807) is 6.07 Å². The minimum atomic E-state index is -0.297. The summed E-state index contributed by atoms with van der Waals surface area (Å²) in [6, 6.07) is 12.2. The van der Waals surface area contributed by atoms with Gasteiger partial charge >= 0.3 is 0 Å². The number of carbonyl (C=O) groups excluding carboxylic acids is 1. The molecule has 0 atom stereocenters. The monoisotopic (exact) mass is 320 g/mol. The highest BCUT2D eigenvalue weighted by atomic mass is 79.9. The highest BCUT2D eigenvalue weighted by Crippen LogP contribution is 2.18. The maximum atomic E-state index is 13.2. The standard InChI is InChI=1S/C16H14BrFO/c1-11-6-7-14(18)8-13(11)10-15(19)9-12-4-2-3-5-16(12)17/h2-8H,9-10H2,1H3. The Kier molecular flexibility index (Phi) is 4.48. The third-order valence-electron chi connectivity index (χ3n) is 3.04. The van der Waals surface area contributed by atoms with Gasteiger partial charge in [0.2, 0.25) is 0 Å². The molecule has 2 aromatic rings. The van der Waals surface area contributed by atoms with Gasteiger partial charge in [0.1, 0.15) is 11.6 Å². The van der Waals surface area contributed by atoms with Crippen molar-refractivity contribution in [3.63, 3.8) is 0 Å². The predicted molar refractivity (Wildman–Crippen MR) is 77.7 cm³/mol. The minimum Gasteiger partial charge on any atom is -0.299 e. The molecule has 0 amide bonds. The molecule has 0 aliphatic rings. The van der Waals surface area contributed by atoms with Crippen molar-refractivity contribution in [1.82, 2.24) is 0 Å².